The van der Waals surface area contributed by atoms with Gasteiger partial charge in [0.05, 0.1) is 5.69 Å². The van der Waals surface area contributed by atoms with E-state index >= 15 is 0 Å². The standard InChI is InChI=1S/C25H30ClFN2O2/c1-25(2,3)31-24(30)28-12-9-17(10-13-28)20-6-4-5-18-16-29(14-11-21(18)20)23-8-7-19(26)15-22(23)27/h4-8,15,17H,9-14,16H2,1-3H3. The molecule has 1 amide bonds. The third-order valence-electron chi connectivity index (χ3n) is 6.14. The van der Waals surface area contributed by atoms with E-state index in [1.165, 1.54) is 22.8 Å². The van der Waals surface area contributed by atoms with Gasteiger partial charge in [-0.15, -0.1) is 0 Å². The van der Waals surface area contributed by atoms with Crippen LogP contribution in [0.5, 0.6) is 0 Å². The topological polar surface area (TPSA) is 32.8 Å². The SMILES string of the molecule is CC(C)(C)OC(=O)N1CCC(c2cccc3c2CCN(c2ccc(Cl)cc2F)C3)CC1. The number of fused-ring (bicyclic) bond motifs is 1. The Kier molecular flexibility index (Phi) is 6.16. The number of hydrogen-bond acceptors (Lipinski definition) is 3. The Labute approximate surface area is 188 Å². The first-order valence-corrected chi connectivity index (χ1v) is 11.4. The minimum Gasteiger partial charge on any atom is -0.444 e. The number of carbonyl (C=O) groups is 1. The van der Waals surface area contributed by atoms with E-state index in [1.807, 2.05) is 25.7 Å². The second kappa shape index (κ2) is 8.70. The first-order valence-electron chi connectivity index (χ1n) is 11.0. The average Bonchev–Trinajstić information content (AvgIpc) is 2.72. The normalized spacial score (nSPS) is 17.5. The predicted octanol–water partition coefficient (Wildman–Crippen LogP) is 6.16. The second-order valence-electron chi connectivity index (χ2n) is 9.49. The van der Waals surface area contributed by atoms with Crippen molar-refractivity contribution in [3.05, 3.63) is 63.9 Å². The lowest BCUT2D eigenvalue weighted by Gasteiger charge is -2.36. The van der Waals surface area contributed by atoms with Crippen LogP contribution in [0.2, 0.25) is 5.02 Å². The molecular weight excluding hydrogens is 415 g/mol. The van der Waals surface area contributed by atoms with Gasteiger partial charge >= 0.3 is 6.09 Å². The van der Waals surface area contributed by atoms with E-state index in [4.69, 9.17) is 16.3 Å². The van der Waals surface area contributed by atoms with Crippen molar-refractivity contribution in [2.75, 3.05) is 24.5 Å². The van der Waals surface area contributed by atoms with E-state index in [9.17, 15) is 9.18 Å². The molecule has 2 aliphatic heterocycles. The zero-order valence-electron chi connectivity index (χ0n) is 18.5. The van der Waals surface area contributed by atoms with E-state index in [-0.39, 0.29) is 11.9 Å². The number of piperidine rings is 1. The van der Waals surface area contributed by atoms with Gasteiger partial charge in [0.15, 0.2) is 0 Å². The lowest BCUT2D eigenvalue weighted by Crippen LogP contribution is -2.41. The van der Waals surface area contributed by atoms with Crippen LogP contribution < -0.4 is 4.90 Å². The van der Waals surface area contributed by atoms with Crippen LogP contribution >= 0.6 is 11.6 Å². The molecule has 1 fully saturated rings. The highest BCUT2D eigenvalue weighted by Gasteiger charge is 2.30. The van der Waals surface area contributed by atoms with Gasteiger partial charge in [-0.1, -0.05) is 29.8 Å². The highest BCUT2D eigenvalue weighted by molar-refractivity contribution is 6.30. The van der Waals surface area contributed by atoms with E-state index in [0.29, 0.717) is 36.3 Å². The third-order valence-corrected chi connectivity index (χ3v) is 6.37. The van der Waals surface area contributed by atoms with Crippen LogP contribution in [-0.4, -0.2) is 36.2 Å². The van der Waals surface area contributed by atoms with Gasteiger partial charge in [0.1, 0.15) is 11.4 Å². The van der Waals surface area contributed by atoms with Crippen molar-refractivity contribution in [2.45, 2.75) is 58.1 Å². The van der Waals surface area contributed by atoms with Crippen molar-refractivity contribution in [1.82, 2.24) is 4.90 Å². The Morgan fingerprint density at radius 2 is 1.87 bits per heavy atom. The molecule has 4 rings (SSSR count). The van der Waals surface area contributed by atoms with Crippen LogP contribution in [0.25, 0.3) is 0 Å². The second-order valence-corrected chi connectivity index (χ2v) is 9.93. The summed E-state index contributed by atoms with van der Waals surface area (Å²) in [5.74, 6) is 0.161. The fraction of sp³-hybridized carbons (Fsp3) is 0.480. The van der Waals surface area contributed by atoms with E-state index in [2.05, 4.69) is 23.1 Å². The minimum atomic E-state index is -0.470. The van der Waals surface area contributed by atoms with Gasteiger partial charge in [-0.05, 0) is 80.8 Å². The van der Waals surface area contributed by atoms with Crippen LogP contribution in [0.1, 0.15) is 56.2 Å². The molecule has 2 heterocycles. The van der Waals surface area contributed by atoms with E-state index < -0.39 is 5.60 Å². The van der Waals surface area contributed by atoms with Crippen molar-refractivity contribution in [3.8, 4) is 0 Å². The number of likely N-dealkylation sites (tertiary alicyclic amines) is 1. The molecule has 0 unspecified atom stereocenters. The molecule has 2 aromatic rings. The summed E-state index contributed by atoms with van der Waals surface area (Å²) in [5, 5.41) is 0.415. The number of ether oxygens (including phenoxy) is 1. The number of anilines is 1. The first-order chi connectivity index (χ1) is 14.7. The van der Waals surface area contributed by atoms with Gasteiger partial charge < -0.3 is 14.5 Å². The summed E-state index contributed by atoms with van der Waals surface area (Å²) >= 11 is 5.91. The molecule has 0 saturated carbocycles. The van der Waals surface area contributed by atoms with E-state index in [0.717, 1.165) is 25.8 Å². The Balaban J connectivity index is 1.45. The molecule has 0 atom stereocenters. The van der Waals surface area contributed by atoms with E-state index in [1.54, 1.807) is 12.1 Å². The number of benzene rings is 2. The zero-order valence-corrected chi connectivity index (χ0v) is 19.2. The van der Waals surface area contributed by atoms with Crippen molar-refractivity contribution < 1.29 is 13.9 Å². The third kappa shape index (κ3) is 4.98. The van der Waals surface area contributed by atoms with Crippen LogP contribution in [0.15, 0.2) is 36.4 Å². The monoisotopic (exact) mass is 444 g/mol. The molecule has 2 aliphatic rings. The van der Waals surface area contributed by atoms with Gasteiger partial charge in [-0.3, -0.25) is 0 Å². The van der Waals surface area contributed by atoms with Crippen LogP contribution in [-0.2, 0) is 17.7 Å². The molecule has 31 heavy (non-hydrogen) atoms. The number of rotatable bonds is 2. The highest BCUT2D eigenvalue weighted by atomic mass is 35.5. The van der Waals surface area contributed by atoms with Crippen molar-refractivity contribution in [2.24, 2.45) is 0 Å². The van der Waals surface area contributed by atoms with Gasteiger partial charge in [-0.2, -0.15) is 0 Å². The zero-order chi connectivity index (χ0) is 22.2. The van der Waals surface area contributed by atoms with Crippen molar-refractivity contribution >= 4 is 23.4 Å². The van der Waals surface area contributed by atoms with Crippen molar-refractivity contribution in [3.63, 3.8) is 0 Å². The molecule has 0 bridgehead atoms. The fourth-order valence-corrected chi connectivity index (χ4v) is 4.82. The molecule has 2 aromatic carbocycles. The molecule has 0 aromatic heterocycles. The summed E-state index contributed by atoms with van der Waals surface area (Å²) in [6.07, 6.45) is 2.54. The largest absolute Gasteiger partial charge is 0.444 e. The van der Waals surface area contributed by atoms with Gasteiger partial charge in [0.25, 0.3) is 0 Å². The maximum absolute atomic E-state index is 14.4. The molecule has 0 spiro atoms. The molecule has 166 valence electrons. The molecule has 0 aliphatic carbocycles. The Hall–Kier alpha value is -2.27. The summed E-state index contributed by atoms with van der Waals surface area (Å²) in [6, 6.07) is 11.4. The molecule has 4 nitrogen and oxygen atoms in total. The van der Waals surface area contributed by atoms with Gasteiger partial charge in [0, 0.05) is 31.2 Å². The van der Waals surface area contributed by atoms with Gasteiger partial charge in [0.2, 0.25) is 0 Å². The maximum atomic E-state index is 14.4. The van der Waals surface area contributed by atoms with Crippen LogP contribution in [0.3, 0.4) is 0 Å². The van der Waals surface area contributed by atoms with Gasteiger partial charge in [-0.25, -0.2) is 9.18 Å². The Morgan fingerprint density at radius 1 is 1.13 bits per heavy atom. The number of hydrogen-bond donors (Lipinski definition) is 0. The Bertz CT molecular complexity index is 964. The number of carbonyl (C=O) groups excluding carboxylic acids is 1. The summed E-state index contributed by atoms with van der Waals surface area (Å²) in [4.78, 5) is 16.3. The summed E-state index contributed by atoms with van der Waals surface area (Å²) in [5.41, 5.74) is 4.17. The lowest BCUT2D eigenvalue weighted by molar-refractivity contribution is 0.0204. The minimum absolute atomic E-state index is 0.221. The first kappa shape index (κ1) is 21.9. The molecular formula is C25H30ClFN2O2. The quantitative estimate of drug-likeness (QED) is 0.556. The summed E-state index contributed by atoms with van der Waals surface area (Å²) < 4.78 is 19.9. The summed E-state index contributed by atoms with van der Waals surface area (Å²) in [7, 11) is 0. The molecule has 0 N–H and O–H groups in total. The molecule has 1 saturated heterocycles. The van der Waals surface area contributed by atoms with Crippen LogP contribution in [0, 0.1) is 5.82 Å². The maximum Gasteiger partial charge on any atom is 0.410 e. The summed E-state index contributed by atoms with van der Waals surface area (Å²) in [6.45, 7) is 8.59. The predicted molar refractivity (Wildman–Crippen MR) is 122 cm³/mol. The average molecular weight is 445 g/mol. The molecule has 0 radical (unpaired) electrons. The molecule has 6 heteroatoms. The number of halogens is 2. The van der Waals surface area contributed by atoms with Crippen LogP contribution in [0.4, 0.5) is 14.9 Å². The smallest absolute Gasteiger partial charge is 0.410 e. The van der Waals surface area contributed by atoms with Crippen molar-refractivity contribution in [1.29, 1.82) is 0 Å². The lowest BCUT2D eigenvalue weighted by atomic mass is 9.82. The highest BCUT2D eigenvalue weighted by Crippen LogP contribution is 2.36. The number of amides is 1. The fourth-order valence-electron chi connectivity index (χ4n) is 4.66. The Morgan fingerprint density at radius 3 is 2.55 bits per heavy atom. The number of nitrogens with zero attached hydrogens (tertiary/aromatic N) is 2.